The van der Waals surface area contributed by atoms with Crippen molar-refractivity contribution in [3.05, 3.63) is 29.8 Å². The second-order valence-electron chi connectivity index (χ2n) is 6.83. The molecule has 1 fully saturated rings. The second kappa shape index (κ2) is 7.05. The first-order chi connectivity index (χ1) is 9.92. The minimum absolute atomic E-state index is 0.00258. The summed E-state index contributed by atoms with van der Waals surface area (Å²) < 4.78 is 0. The molecule has 1 aliphatic rings. The smallest absolute Gasteiger partial charge is 0.238 e. The molecular weight excluding hydrogens is 262 g/mol. The summed E-state index contributed by atoms with van der Waals surface area (Å²) in [5.41, 5.74) is 2.13. The van der Waals surface area contributed by atoms with Crippen molar-refractivity contribution in [1.82, 2.24) is 10.2 Å². The Morgan fingerprint density at radius 3 is 2.33 bits per heavy atom. The van der Waals surface area contributed by atoms with Gasteiger partial charge in [0.15, 0.2) is 0 Å². The van der Waals surface area contributed by atoms with Crippen LogP contribution in [0.4, 0.5) is 5.69 Å². The van der Waals surface area contributed by atoms with Gasteiger partial charge in [0.05, 0.1) is 6.54 Å². The summed E-state index contributed by atoms with van der Waals surface area (Å²) in [6, 6.07) is 8.18. The van der Waals surface area contributed by atoms with Crippen LogP contribution in [-0.2, 0) is 11.3 Å². The van der Waals surface area contributed by atoms with Gasteiger partial charge in [0, 0.05) is 17.8 Å². The summed E-state index contributed by atoms with van der Waals surface area (Å²) >= 11 is 0. The SMILES string of the molecule is CC(C)(C)NCC(=O)Nc1ccc(CN2CCCC2)cc1. The Hall–Kier alpha value is -1.39. The van der Waals surface area contributed by atoms with E-state index in [0.717, 1.165) is 12.2 Å². The van der Waals surface area contributed by atoms with E-state index in [-0.39, 0.29) is 11.4 Å². The summed E-state index contributed by atoms with van der Waals surface area (Å²) in [5, 5.41) is 6.10. The molecule has 2 N–H and O–H groups in total. The number of hydrogen-bond acceptors (Lipinski definition) is 3. The number of carbonyl (C=O) groups is 1. The van der Waals surface area contributed by atoms with Gasteiger partial charge in [-0.05, 0) is 64.4 Å². The molecule has 0 unspecified atom stereocenters. The highest BCUT2D eigenvalue weighted by atomic mass is 16.1. The molecular formula is C17H27N3O. The molecule has 1 aromatic rings. The van der Waals surface area contributed by atoms with Crippen LogP contribution in [0.5, 0.6) is 0 Å². The average molecular weight is 289 g/mol. The molecule has 1 amide bonds. The largest absolute Gasteiger partial charge is 0.325 e. The number of nitrogens with zero attached hydrogens (tertiary/aromatic N) is 1. The van der Waals surface area contributed by atoms with Crippen molar-refractivity contribution in [1.29, 1.82) is 0 Å². The summed E-state index contributed by atoms with van der Waals surface area (Å²) in [7, 11) is 0. The Morgan fingerprint density at radius 1 is 1.14 bits per heavy atom. The molecule has 1 saturated heterocycles. The van der Waals surface area contributed by atoms with Crippen molar-refractivity contribution >= 4 is 11.6 Å². The molecule has 4 heteroatoms. The quantitative estimate of drug-likeness (QED) is 0.876. The van der Waals surface area contributed by atoms with Crippen LogP contribution in [0.3, 0.4) is 0 Å². The maximum Gasteiger partial charge on any atom is 0.238 e. The van der Waals surface area contributed by atoms with Gasteiger partial charge in [0.2, 0.25) is 5.91 Å². The average Bonchev–Trinajstić information content (AvgIpc) is 2.91. The molecule has 0 atom stereocenters. The minimum atomic E-state index is -0.0447. The first kappa shape index (κ1) is 16.0. The van der Waals surface area contributed by atoms with E-state index in [0.29, 0.717) is 6.54 Å². The van der Waals surface area contributed by atoms with Crippen molar-refractivity contribution in [3.63, 3.8) is 0 Å². The van der Waals surface area contributed by atoms with Crippen LogP contribution in [-0.4, -0.2) is 36.0 Å². The van der Waals surface area contributed by atoms with Gasteiger partial charge in [-0.2, -0.15) is 0 Å². The zero-order valence-electron chi connectivity index (χ0n) is 13.4. The summed E-state index contributed by atoms with van der Waals surface area (Å²) in [6.07, 6.45) is 2.63. The molecule has 0 saturated carbocycles. The first-order valence-corrected chi connectivity index (χ1v) is 7.78. The fraction of sp³-hybridized carbons (Fsp3) is 0.588. The molecule has 0 bridgehead atoms. The van der Waals surface area contributed by atoms with Crippen molar-refractivity contribution in [2.45, 2.75) is 45.7 Å². The Labute approximate surface area is 127 Å². The molecule has 21 heavy (non-hydrogen) atoms. The van der Waals surface area contributed by atoms with E-state index < -0.39 is 0 Å². The lowest BCUT2D eigenvalue weighted by Crippen LogP contribution is -2.41. The number of anilines is 1. The number of amides is 1. The van der Waals surface area contributed by atoms with Gasteiger partial charge in [0.25, 0.3) is 0 Å². The van der Waals surface area contributed by atoms with Crippen LogP contribution in [0.2, 0.25) is 0 Å². The lowest BCUT2D eigenvalue weighted by molar-refractivity contribution is -0.115. The number of nitrogens with one attached hydrogen (secondary N) is 2. The van der Waals surface area contributed by atoms with E-state index in [9.17, 15) is 4.79 Å². The highest BCUT2D eigenvalue weighted by Crippen LogP contribution is 2.15. The van der Waals surface area contributed by atoms with Crippen LogP contribution in [0.1, 0.15) is 39.2 Å². The van der Waals surface area contributed by atoms with Crippen molar-refractivity contribution in [3.8, 4) is 0 Å². The van der Waals surface area contributed by atoms with E-state index in [4.69, 9.17) is 0 Å². The van der Waals surface area contributed by atoms with Crippen LogP contribution in [0, 0.1) is 0 Å². The van der Waals surface area contributed by atoms with E-state index in [2.05, 4.69) is 27.7 Å². The fourth-order valence-electron chi connectivity index (χ4n) is 2.44. The fourth-order valence-corrected chi connectivity index (χ4v) is 2.44. The van der Waals surface area contributed by atoms with E-state index in [1.165, 1.54) is 31.5 Å². The molecule has 2 rings (SSSR count). The Bertz CT molecular complexity index is 456. The maximum absolute atomic E-state index is 11.8. The Balaban J connectivity index is 1.80. The summed E-state index contributed by atoms with van der Waals surface area (Å²) in [5.74, 6) is -0.00258. The monoisotopic (exact) mass is 289 g/mol. The van der Waals surface area contributed by atoms with Crippen molar-refractivity contribution in [2.75, 3.05) is 25.0 Å². The minimum Gasteiger partial charge on any atom is -0.325 e. The van der Waals surface area contributed by atoms with Gasteiger partial charge in [-0.3, -0.25) is 9.69 Å². The van der Waals surface area contributed by atoms with Gasteiger partial charge >= 0.3 is 0 Å². The molecule has 4 nitrogen and oxygen atoms in total. The summed E-state index contributed by atoms with van der Waals surface area (Å²) in [6.45, 7) is 9.90. The number of benzene rings is 1. The van der Waals surface area contributed by atoms with Crippen LogP contribution in [0.15, 0.2) is 24.3 Å². The molecule has 0 radical (unpaired) electrons. The zero-order chi connectivity index (χ0) is 15.3. The molecule has 0 spiro atoms. The van der Waals surface area contributed by atoms with E-state index >= 15 is 0 Å². The Morgan fingerprint density at radius 2 is 1.76 bits per heavy atom. The van der Waals surface area contributed by atoms with Gasteiger partial charge in [-0.1, -0.05) is 12.1 Å². The maximum atomic E-state index is 11.8. The molecule has 1 aromatic carbocycles. The molecule has 1 heterocycles. The topological polar surface area (TPSA) is 44.4 Å². The molecule has 0 aliphatic carbocycles. The third-order valence-corrected chi connectivity index (χ3v) is 3.62. The number of carbonyl (C=O) groups excluding carboxylic acids is 1. The second-order valence-corrected chi connectivity index (χ2v) is 6.83. The van der Waals surface area contributed by atoms with Crippen molar-refractivity contribution in [2.24, 2.45) is 0 Å². The zero-order valence-corrected chi connectivity index (χ0v) is 13.4. The predicted octanol–water partition coefficient (Wildman–Crippen LogP) is 2.61. The normalized spacial score (nSPS) is 16.1. The third-order valence-electron chi connectivity index (χ3n) is 3.62. The first-order valence-electron chi connectivity index (χ1n) is 7.78. The highest BCUT2D eigenvalue weighted by Gasteiger charge is 2.13. The van der Waals surface area contributed by atoms with E-state index in [1.807, 2.05) is 32.9 Å². The predicted molar refractivity (Wildman–Crippen MR) is 87.3 cm³/mol. The number of hydrogen-bond donors (Lipinski definition) is 2. The lowest BCUT2D eigenvalue weighted by Gasteiger charge is -2.20. The van der Waals surface area contributed by atoms with Gasteiger partial charge in [-0.15, -0.1) is 0 Å². The van der Waals surface area contributed by atoms with Gasteiger partial charge in [0.1, 0.15) is 0 Å². The van der Waals surface area contributed by atoms with Crippen LogP contribution in [0.25, 0.3) is 0 Å². The number of likely N-dealkylation sites (tertiary alicyclic amines) is 1. The van der Waals surface area contributed by atoms with Crippen LogP contribution >= 0.6 is 0 Å². The number of rotatable bonds is 5. The summed E-state index contributed by atoms with van der Waals surface area (Å²) in [4.78, 5) is 14.3. The molecule has 116 valence electrons. The van der Waals surface area contributed by atoms with Gasteiger partial charge in [-0.25, -0.2) is 0 Å². The van der Waals surface area contributed by atoms with E-state index in [1.54, 1.807) is 0 Å². The van der Waals surface area contributed by atoms with Gasteiger partial charge < -0.3 is 10.6 Å². The lowest BCUT2D eigenvalue weighted by atomic mass is 10.1. The van der Waals surface area contributed by atoms with Crippen molar-refractivity contribution < 1.29 is 4.79 Å². The molecule has 1 aliphatic heterocycles. The Kier molecular flexibility index (Phi) is 5.37. The third kappa shape index (κ3) is 5.86. The van der Waals surface area contributed by atoms with Crippen LogP contribution < -0.4 is 10.6 Å². The standard InChI is InChI=1S/C17H27N3O/c1-17(2,3)18-12-16(21)19-15-8-6-14(7-9-15)13-20-10-4-5-11-20/h6-9,18H,4-5,10-13H2,1-3H3,(H,19,21). The highest BCUT2D eigenvalue weighted by molar-refractivity contribution is 5.92. The molecule has 0 aromatic heterocycles.